The van der Waals surface area contributed by atoms with Gasteiger partial charge < -0.3 is 15.4 Å². The van der Waals surface area contributed by atoms with Crippen molar-refractivity contribution in [2.45, 2.75) is 6.54 Å². The molecule has 0 aliphatic heterocycles. The highest BCUT2D eigenvalue weighted by Gasteiger charge is 2.13. The van der Waals surface area contributed by atoms with Crippen LogP contribution in [0.4, 0.5) is 0 Å². The predicted molar refractivity (Wildman–Crippen MR) is 109 cm³/mol. The van der Waals surface area contributed by atoms with Crippen molar-refractivity contribution >= 4 is 35.0 Å². The van der Waals surface area contributed by atoms with Gasteiger partial charge in [0.25, 0.3) is 5.91 Å². The van der Waals surface area contributed by atoms with Crippen molar-refractivity contribution in [3.05, 3.63) is 63.9 Å². The van der Waals surface area contributed by atoms with Crippen LogP contribution in [0.1, 0.15) is 16.2 Å². The van der Waals surface area contributed by atoms with E-state index in [4.69, 9.17) is 27.9 Å². The van der Waals surface area contributed by atoms with Crippen molar-refractivity contribution in [3.63, 3.8) is 0 Å². The molecule has 29 heavy (non-hydrogen) atoms. The van der Waals surface area contributed by atoms with Crippen molar-refractivity contribution in [1.29, 1.82) is 0 Å². The number of benzene rings is 2. The average molecular weight is 434 g/mol. The first-order valence-corrected chi connectivity index (χ1v) is 9.27. The van der Waals surface area contributed by atoms with E-state index >= 15 is 0 Å². The highest BCUT2D eigenvalue weighted by atomic mass is 35.5. The number of carbonyl (C=O) groups excluding carboxylic acids is 2. The van der Waals surface area contributed by atoms with Gasteiger partial charge in [-0.05, 0) is 42.5 Å². The number of hydrogen-bond acceptors (Lipinski definition) is 5. The smallest absolute Gasteiger partial charge is 0.253 e. The second kappa shape index (κ2) is 9.40. The number of carbonyl (C=O) groups is 2. The summed E-state index contributed by atoms with van der Waals surface area (Å²) in [4.78, 5) is 28.4. The topological polar surface area (TPSA) is 109 Å². The second-order valence-electron chi connectivity index (χ2n) is 5.92. The molecule has 0 radical (unpaired) electrons. The molecule has 0 fully saturated rings. The lowest BCUT2D eigenvalue weighted by Gasteiger charge is -2.07. The second-order valence-corrected chi connectivity index (χ2v) is 6.76. The van der Waals surface area contributed by atoms with E-state index < -0.39 is 5.91 Å². The van der Waals surface area contributed by atoms with Crippen molar-refractivity contribution in [1.82, 2.24) is 25.8 Å². The van der Waals surface area contributed by atoms with E-state index in [1.54, 1.807) is 13.2 Å². The number of nitrogens with one attached hydrogen (secondary N) is 3. The maximum absolute atomic E-state index is 12.1. The summed E-state index contributed by atoms with van der Waals surface area (Å²) in [6.45, 7) is -0.0726. The zero-order valence-electron chi connectivity index (χ0n) is 15.3. The summed E-state index contributed by atoms with van der Waals surface area (Å²) < 4.78 is 5.12. The summed E-state index contributed by atoms with van der Waals surface area (Å²) in [5.41, 5.74) is 1.05. The zero-order valence-corrected chi connectivity index (χ0v) is 16.8. The van der Waals surface area contributed by atoms with Crippen LogP contribution < -0.4 is 15.4 Å². The summed E-state index contributed by atoms with van der Waals surface area (Å²) in [6.07, 6.45) is 0. The molecule has 150 valence electrons. The fourth-order valence-electron chi connectivity index (χ4n) is 2.42. The molecule has 1 aromatic heterocycles. The third kappa shape index (κ3) is 5.46. The first-order valence-electron chi connectivity index (χ1n) is 8.52. The lowest BCUT2D eigenvalue weighted by atomic mass is 10.2. The molecule has 10 heteroatoms. The number of amides is 2. The van der Waals surface area contributed by atoms with Gasteiger partial charge in [-0.1, -0.05) is 23.2 Å². The Hall–Kier alpha value is -3.10. The first kappa shape index (κ1) is 20.6. The largest absolute Gasteiger partial charge is 0.497 e. The lowest BCUT2D eigenvalue weighted by Crippen LogP contribution is -2.36. The maximum Gasteiger partial charge on any atom is 0.253 e. The van der Waals surface area contributed by atoms with Crippen molar-refractivity contribution in [2.75, 3.05) is 13.7 Å². The van der Waals surface area contributed by atoms with Crippen molar-refractivity contribution in [2.24, 2.45) is 0 Å². The molecule has 0 bridgehead atoms. The lowest BCUT2D eigenvalue weighted by molar-refractivity contribution is -0.120. The highest BCUT2D eigenvalue weighted by Crippen LogP contribution is 2.21. The molecule has 0 saturated heterocycles. The van der Waals surface area contributed by atoms with Crippen molar-refractivity contribution < 1.29 is 14.3 Å². The van der Waals surface area contributed by atoms with Crippen LogP contribution in [0.2, 0.25) is 10.0 Å². The van der Waals surface area contributed by atoms with E-state index in [9.17, 15) is 9.59 Å². The Labute approximate surface area is 176 Å². The normalized spacial score (nSPS) is 10.4. The van der Waals surface area contributed by atoms with Crippen LogP contribution in [0.5, 0.6) is 5.75 Å². The van der Waals surface area contributed by atoms with Gasteiger partial charge in [0, 0.05) is 10.6 Å². The quantitative estimate of drug-likeness (QED) is 0.530. The number of rotatable bonds is 7. The molecule has 3 aromatic rings. The molecule has 0 spiro atoms. The predicted octanol–water partition coefficient (Wildman–Crippen LogP) is 2.83. The molecule has 8 nitrogen and oxygen atoms in total. The molecule has 0 aliphatic carbocycles. The molecule has 0 unspecified atom stereocenters. The Bertz CT molecular complexity index is 1020. The number of ether oxygens (including phenoxy) is 1. The fourth-order valence-corrected chi connectivity index (χ4v) is 2.91. The van der Waals surface area contributed by atoms with Crippen LogP contribution in [0.3, 0.4) is 0 Å². The number of aromatic amines is 1. The molecule has 3 N–H and O–H groups in total. The van der Waals surface area contributed by atoms with Gasteiger partial charge in [-0.25, -0.2) is 4.98 Å². The monoisotopic (exact) mass is 433 g/mol. The number of nitrogens with zero attached hydrogens (tertiary/aromatic N) is 2. The molecule has 1 heterocycles. The molecule has 3 rings (SSSR count). The number of H-pyrrole nitrogens is 1. The van der Waals surface area contributed by atoms with Gasteiger partial charge in [-0.15, -0.1) is 0 Å². The molecule has 0 aliphatic rings. The van der Waals surface area contributed by atoms with E-state index in [0.29, 0.717) is 16.7 Å². The van der Waals surface area contributed by atoms with Gasteiger partial charge in [-0.3, -0.25) is 14.7 Å². The Balaban J connectivity index is 1.49. The molecule has 2 aromatic carbocycles. The number of halogens is 2. The Morgan fingerprint density at radius 2 is 1.86 bits per heavy atom. The molecule has 2 amide bonds. The summed E-state index contributed by atoms with van der Waals surface area (Å²) in [6, 6.07) is 11.8. The van der Waals surface area contributed by atoms with Gasteiger partial charge >= 0.3 is 0 Å². The fraction of sp³-hybridized carbons (Fsp3) is 0.158. The van der Waals surface area contributed by atoms with Crippen LogP contribution in [0.25, 0.3) is 11.4 Å². The Morgan fingerprint density at radius 3 is 2.55 bits per heavy atom. The SMILES string of the molecule is COc1ccc(-c2n[nH]c(CNC(=O)CNC(=O)c3ccc(Cl)cc3Cl)n2)cc1. The highest BCUT2D eigenvalue weighted by molar-refractivity contribution is 6.36. The number of methoxy groups -OCH3 is 1. The minimum Gasteiger partial charge on any atom is -0.497 e. The average Bonchev–Trinajstić information content (AvgIpc) is 3.19. The van der Waals surface area contributed by atoms with Crippen LogP contribution >= 0.6 is 23.2 Å². The summed E-state index contributed by atoms with van der Waals surface area (Å²) in [5, 5.41) is 12.7. The van der Waals surface area contributed by atoms with Gasteiger partial charge in [-0.2, -0.15) is 5.10 Å². The third-order valence-electron chi connectivity index (χ3n) is 3.92. The Kier molecular flexibility index (Phi) is 6.69. The molecule has 0 atom stereocenters. The van der Waals surface area contributed by atoms with Gasteiger partial charge in [0.2, 0.25) is 5.91 Å². The Morgan fingerprint density at radius 1 is 1.10 bits per heavy atom. The standard InChI is InChI=1S/C19H17Cl2N5O3/c1-29-13-5-2-11(3-6-13)18-24-16(25-26-18)9-22-17(27)10-23-19(28)14-7-4-12(20)8-15(14)21/h2-8H,9-10H2,1H3,(H,22,27)(H,23,28)(H,24,25,26). The van der Waals surface area contributed by atoms with Crippen LogP contribution in [0.15, 0.2) is 42.5 Å². The van der Waals surface area contributed by atoms with Crippen molar-refractivity contribution in [3.8, 4) is 17.1 Å². The molecule has 0 saturated carbocycles. The number of hydrogen-bond donors (Lipinski definition) is 3. The van der Waals surface area contributed by atoms with Crippen LogP contribution in [-0.2, 0) is 11.3 Å². The zero-order chi connectivity index (χ0) is 20.8. The van der Waals surface area contributed by atoms with Gasteiger partial charge in [0.1, 0.15) is 11.6 Å². The van der Waals surface area contributed by atoms with E-state index in [0.717, 1.165) is 11.3 Å². The molecular formula is C19H17Cl2N5O3. The summed E-state index contributed by atoms with van der Waals surface area (Å²) >= 11 is 11.8. The maximum atomic E-state index is 12.1. The number of aromatic nitrogens is 3. The van der Waals surface area contributed by atoms with E-state index in [1.165, 1.54) is 12.1 Å². The van der Waals surface area contributed by atoms with Crippen LogP contribution in [-0.4, -0.2) is 40.7 Å². The molecular weight excluding hydrogens is 417 g/mol. The minimum atomic E-state index is -0.469. The van der Waals surface area contributed by atoms with E-state index in [-0.39, 0.29) is 29.6 Å². The van der Waals surface area contributed by atoms with E-state index in [2.05, 4.69) is 25.8 Å². The third-order valence-corrected chi connectivity index (χ3v) is 4.47. The van der Waals surface area contributed by atoms with Crippen LogP contribution in [0, 0.1) is 0 Å². The van der Waals surface area contributed by atoms with Gasteiger partial charge in [0.15, 0.2) is 5.82 Å². The summed E-state index contributed by atoms with van der Waals surface area (Å²) in [5.74, 6) is 0.867. The van der Waals surface area contributed by atoms with E-state index in [1.807, 2.05) is 24.3 Å². The summed E-state index contributed by atoms with van der Waals surface area (Å²) in [7, 11) is 1.59. The van der Waals surface area contributed by atoms with Gasteiger partial charge in [0.05, 0.1) is 30.8 Å². The first-order chi connectivity index (χ1) is 14.0. The minimum absolute atomic E-state index is 0.138.